The largest absolute Gasteiger partial charge is 0.497 e. The van der Waals surface area contributed by atoms with Gasteiger partial charge in [0.15, 0.2) is 5.82 Å². The molecule has 1 aliphatic heterocycles. The van der Waals surface area contributed by atoms with E-state index in [0.717, 1.165) is 61.5 Å². The smallest absolute Gasteiger partial charge is 0.253 e. The van der Waals surface area contributed by atoms with Crippen molar-refractivity contribution >= 4 is 10.9 Å². The number of H-pyrrole nitrogens is 1. The molecule has 1 saturated heterocycles. The first-order valence-corrected chi connectivity index (χ1v) is 15.8. The van der Waals surface area contributed by atoms with Crippen molar-refractivity contribution in [3.8, 4) is 5.75 Å². The van der Waals surface area contributed by atoms with Gasteiger partial charge in [-0.3, -0.25) is 14.6 Å². The summed E-state index contributed by atoms with van der Waals surface area (Å²) in [6.45, 7) is 3.23. The van der Waals surface area contributed by atoms with E-state index in [4.69, 9.17) is 4.74 Å². The number of hydrogen-bond donors (Lipinski definition) is 1. The topological polar surface area (TPSA) is 92.2 Å². The molecular formula is C35H39N7O2. The lowest BCUT2D eigenvalue weighted by Gasteiger charge is -2.42. The number of methoxy groups -OCH3 is 1. The molecule has 5 aromatic rings. The Bertz CT molecular complexity index is 1700. The molecular weight excluding hydrogens is 550 g/mol. The quantitative estimate of drug-likeness (QED) is 0.255. The number of pyridine rings is 1. The zero-order chi connectivity index (χ0) is 29.9. The lowest BCUT2D eigenvalue weighted by atomic mass is 9.94. The number of nitrogens with one attached hydrogen (secondary N) is 1. The number of ether oxygens (including phenoxy) is 1. The highest BCUT2D eigenvalue weighted by molar-refractivity contribution is 5.80. The van der Waals surface area contributed by atoms with E-state index >= 15 is 0 Å². The van der Waals surface area contributed by atoms with Crippen LogP contribution in [0.4, 0.5) is 0 Å². The Morgan fingerprint density at radius 3 is 2.07 bits per heavy atom. The highest BCUT2D eigenvalue weighted by Crippen LogP contribution is 2.35. The molecule has 0 radical (unpaired) electrons. The summed E-state index contributed by atoms with van der Waals surface area (Å²) in [6.07, 6.45) is 5.70. The number of hydrogen-bond acceptors (Lipinski definition) is 7. The van der Waals surface area contributed by atoms with Crippen LogP contribution in [0.3, 0.4) is 0 Å². The number of benzene rings is 3. The highest BCUT2D eigenvalue weighted by Gasteiger charge is 2.36. The summed E-state index contributed by atoms with van der Waals surface area (Å²) in [5.41, 5.74) is 3.90. The summed E-state index contributed by atoms with van der Waals surface area (Å²) >= 11 is 0. The molecule has 226 valence electrons. The van der Waals surface area contributed by atoms with Crippen molar-refractivity contribution in [1.29, 1.82) is 0 Å². The van der Waals surface area contributed by atoms with Gasteiger partial charge in [-0.15, -0.1) is 5.10 Å². The van der Waals surface area contributed by atoms with Gasteiger partial charge in [-0.2, -0.15) is 0 Å². The standard InChI is InChI=1S/C35H39N7O2/c1-44-29-17-18-31-27(23-29)24-30(35(43)36-31)33(34-37-38-39-42(34)28-15-9-4-10-16-28)41-21-19-40(20-22-41)32(25-11-5-2-6-12-25)26-13-7-3-8-14-26/h2-3,5-8,11-14,17-18,23-24,28,32-33H,4,9-10,15-16,19-22H2,1H3,(H,36,43)/t33-/m0/s1. The Balaban J connectivity index is 1.25. The second kappa shape index (κ2) is 12.7. The van der Waals surface area contributed by atoms with Gasteiger partial charge < -0.3 is 9.72 Å². The molecule has 9 nitrogen and oxygen atoms in total. The molecule has 3 aromatic carbocycles. The fourth-order valence-electron chi connectivity index (χ4n) is 7.14. The number of piperazine rings is 1. The molecule has 2 fully saturated rings. The summed E-state index contributed by atoms with van der Waals surface area (Å²) in [5, 5.41) is 14.2. The van der Waals surface area contributed by atoms with Crippen LogP contribution in [0.5, 0.6) is 5.75 Å². The van der Waals surface area contributed by atoms with Crippen molar-refractivity contribution < 1.29 is 4.74 Å². The number of aromatic amines is 1. The van der Waals surface area contributed by atoms with E-state index in [-0.39, 0.29) is 23.7 Å². The van der Waals surface area contributed by atoms with E-state index in [9.17, 15) is 4.79 Å². The third-order valence-corrected chi connectivity index (χ3v) is 9.37. The Morgan fingerprint density at radius 2 is 1.43 bits per heavy atom. The number of fused-ring (bicyclic) bond motifs is 1. The summed E-state index contributed by atoms with van der Waals surface area (Å²) < 4.78 is 7.52. The Morgan fingerprint density at radius 1 is 0.795 bits per heavy atom. The zero-order valence-electron chi connectivity index (χ0n) is 25.2. The second-order valence-corrected chi connectivity index (χ2v) is 12.0. The molecule has 1 saturated carbocycles. The average Bonchev–Trinajstić information content (AvgIpc) is 3.57. The first-order valence-electron chi connectivity index (χ1n) is 15.8. The van der Waals surface area contributed by atoms with Crippen LogP contribution in [0.2, 0.25) is 0 Å². The Labute approximate surface area is 257 Å². The zero-order valence-corrected chi connectivity index (χ0v) is 25.2. The summed E-state index contributed by atoms with van der Waals surface area (Å²) in [6, 6.07) is 29.2. The van der Waals surface area contributed by atoms with Gasteiger partial charge in [0.05, 0.1) is 19.2 Å². The van der Waals surface area contributed by atoms with Crippen LogP contribution < -0.4 is 10.3 Å². The maximum Gasteiger partial charge on any atom is 0.253 e. The van der Waals surface area contributed by atoms with Gasteiger partial charge >= 0.3 is 0 Å². The van der Waals surface area contributed by atoms with E-state index in [0.29, 0.717) is 5.56 Å². The van der Waals surface area contributed by atoms with Gasteiger partial charge in [0.25, 0.3) is 5.56 Å². The predicted octanol–water partition coefficient (Wildman–Crippen LogP) is 5.53. The molecule has 0 spiro atoms. The molecule has 1 atom stereocenters. The molecule has 2 aliphatic rings. The first kappa shape index (κ1) is 28.4. The van der Waals surface area contributed by atoms with Gasteiger partial charge in [-0.25, -0.2) is 4.68 Å². The third-order valence-electron chi connectivity index (χ3n) is 9.37. The van der Waals surface area contributed by atoms with Crippen LogP contribution in [0.25, 0.3) is 10.9 Å². The van der Waals surface area contributed by atoms with Crippen LogP contribution in [0.15, 0.2) is 89.7 Å². The number of rotatable bonds is 8. The maximum atomic E-state index is 13.8. The van der Waals surface area contributed by atoms with Crippen LogP contribution in [0, 0.1) is 0 Å². The SMILES string of the molecule is COc1ccc2[nH]c(=O)c([C@@H](c3nnnn3C3CCCCC3)N3CCN(C(c4ccccc4)c4ccccc4)CC3)cc2c1. The van der Waals surface area contributed by atoms with E-state index in [2.05, 4.69) is 91.0 Å². The second-order valence-electron chi connectivity index (χ2n) is 12.0. The molecule has 0 unspecified atom stereocenters. The van der Waals surface area contributed by atoms with Crippen LogP contribution in [0.1, 0.15) is 72.7 Å². The molecule has 7 rings (SSSR count). The normalized spacial score (nSPS) is 17.7. The molecule has 9 heteroatoms. The fraction of sp³-hybridized carbons (Fsp3) is 0.371. The van der Waals surface area contributed by atoms with Gasteiger partial charge in [0.1, 0.15) is 11.8 Å². The monoisotopic (exact) mass is 589 g/mol. The average molecular weight is 590 g/mol. The third kappa shape index (κ3) is 5.65. The van der Waals surface area contributed by atoms with Crippen LogP contribution in [-0.2, 0) is 0 Å². The van der Waals surface area contributed by atoms with Crippen molar-refractivity contribution in [2.75, 3.05) is 33.3 Å². The molecule has 44 heavy (non-hydrogen) atoms. The molecule has 3 heterocycles. The van der Waals surface area contributed by atoms with Crippen molar-refractivity contribution in [1.82, 2.24) is 35.0 Å². The highest BCUT2D eigenvalue weighted by atomic mass is 16.5. The first-order chi connectivity index (χ1) is 21.7. The van der Waals surface area contributed by atoms with E-state index in [1.807, 2.05) is 28.9 Å². The van der Waals surface area contributed by atoms with Crippen molar-refractivity contribution in [2.24, 2.45) is 0 Å². The summed E-state index contributed by atoms with van der Waals surface area (Å²) in [5.74, 6) is 1.50. The van der Waals surface area contributed by atoms with Gasteiger partial charge in [-0.05, 0) is 58.7 Å². The van der Waals surface area contributed by atoms with Crippen LogP contribution >= 0.6 is 0 Å². The van der Waals surface area contributed by atoms with Crippen LogP contribution in [-0.4, -0.2) is 68.3 Å². The molecule has 0 amide bonds. The summed E-state index contributed by atoms with van der Waals surface area (Å²) in [4.78, 5) is 21.9. The van der Waals surface area contributed by atoms with E-state index in [1.165, 1.54) is 30.4 Å². The molecule has 0 bridgehead atoms. The van der Waals surface area contributed by atoms with Crippen molar-refractivity contribution in [3.05, 3.63) is 118 Å². The maximum absolute atomic E-state index is 13.8. The number of aromatic nitrogens is 5. The predicted molar refractivity (Wildman–Crippen MR) is 171 cm³/mol. The summed E-state index contributed by atoms with van der Waals surface area (Å²) in [7, 11) is 1.66. The lowest BCUT2D eigenvalue weighted by Crippen LogP contribution is -2.50. The van der Waals surface area contributed by atoms with E-state index in [1.54, 1.807) is 7.11 Å². The van der Waals surface area contributed by atoms with Crippen molar-refractivity contribution in [2.45, 2.75) is 50.2 Å². The minimum Gasteiger partial charge on any atom is -0.497 e. The van der Waals surface area contributed by atoms with E-state index < -0.39 is 0 Å². The fourth-order valence-corrected chi connectivity index (χ4v) is 7.14. The molecule has 1 N–H and O–H groups in total. The van der Waals surface area contributed by atoms with Gasteiger partial charge in [0, 0.05) is 42.6 Å². The number of tetrazole rings is 1. The Kier molecular flexibility index (Phi) is 8.22. The van der Waals surface area contributed by atoms with Gasteiger partial charge in [-0.1, -0.05) is 79.9 Å². The minimum absolute atomic E-state index is 0.111. The van der Waals surface area contributed by atoms with Gasteiger partial charge in [0.2, 0.25) is 0 Å². The molecule has 2 aromatic heterocycles. The van der Waals surface area contributed by atoms with Crippen molar-refractivity contribution in [3.63, 3.8) is 0 Å². The lowest BCUT2D eigenvalue weighted by molar-refractivity contribution is 0.0845. The number of nitrogens with zero attached hydrogens (tertiary/aromatic N) is 6. The Hall–Kier alpha value is -4.34. The molecule has 1 aliphatic carbocycles. The minimum atomic E-state index is -0.375.